The third kappa shape index (κ3) is 6.15. The highest BCUT2D eigenvalue weighted by atomic mass is 16.3. The highest BCUT2D eigenvalue weighted by molar-refractivity contribution is 6.09. The molecule has 0 amide bonds. The van der Waals surface area contributed by atoms with E-state index >= 15 is 0 Å². The quantitative estimate of drug-likeness (QED) is 0.152. The molecule has 0 saturated heterocycles. The van der Waals surface area contributed by atoms with Crippen LogP contribution in [0, 0.1) is 0 Å². The van der Waals surface area contributed by atoms with Gasteiger partial charge in [-0.1, -0.05) is 194 Å². The number of furan rings is 1. The highest BCUT2D eigenvalue weighted by Gasteiger charge is 2.45. The van der Waals surface area contributed by atoms with Crippen LogP contribution in [0.1, 0.15) is 51.5 Å². The molecule has 3 nitrogen and oxygen atoms in total. The highest BCUT2D eigenvalue weighted by Crippen LogP contribution is 2.56. The number of para-hydroxylation sites is 3. The minimum Gasteiger partial charge on any atom is -0.460 e. The van der Waals surface area contributed by atoms with Crippen LogP contribution in [-0.4, -0.2) is 4.57 Å². The predicted octanol–water partition coefficient (Wildman–Crippen LogP) is 17.6. The van der Waals surface area contributed by atoms with Crippen LogP contribution in [0.25, 0.3) is 66.8 Å². The summed E-state index contributed by atoms with van der Waals surface area (Å²) in [4.78, 5) is 2.39. The summed E-state index contributed by atoms with van der Waals surface area (Å²) in [5, 5.41) is 3.71. The fourth-order valence-corrected chi connectivity index (χ4v) is 11.9. The van der Waals surface area contributed by atoms with E-state index in [-0.39, 0.29) is 5.92 Å². The van der Waals surface area contributed by atoms with Crippen LogP contribution in [-0.2, 0) is 5.41 Å². The number of hydrogen-bond acceptors (Lipinski definition) is 2. The van der Waals surface area contributed by atoms with Crippen molar-refractivity contribution in [3.8, 4) is 27.9 Å². The molecule has 1 unspecified atom stereocenters. The monoisotopic (exact) mass is 894 g/mol. The normalized spacial score (nSPS) is 14.4. The number of aromatic nitrogens is 1. The van der Waals surface area contributed by atoms with E-state index in [4.69, 9.17) is 4.42 Å². The first-order valence-corrected chi connectivity index (χ1v) is 24.3. The lowest BCUT2D eigenvalue weighted by Crippen LogP contribution is -2.28. The first-order valence-electron chi connectivity index (χ1n) is 24.3. The summed E-state index contributed by atoms with van der Waals surface area (Å²) in [6.07, 6.45) is 5.42. The Bertz CT molecular complexity index is 3850. The molecule has 3 heteroatoms. The summed E-state index contributed by atoms with van der Waals surface area (Å²) in [7, 11) is 0. The summed E-state index contributed by atoms with van der Waals surface area (Å²) in [5.41, 5.74) is 19.8. The smallest absolute Gasteiger partial charge is 0.134 e. The zero-order valence-electron chi connectivity index (χ0n) is 38.4. The van der Waals surface area contributed by atoms with Gasteiger partial charge in [0.25, 0.3) is 0 Å². The minimum atomic E-state index is -0.470. The van der Waals surface area contributed by atoms with Crippen LogP contribution in [0.15, 0.2) is 259 Å². The Morgan fingerprint density at radius 3 is 1.54 bits per heavy atom. The Morgan fingerprint density at radius 1 is 0.429 bits per heavy atom. The van der Waals surface area contributed by atoms with Gasteiger partial charge in [-0.15, -0.1) is 0 Å². The summed E-state index contributed by atoms with van der Waals surface area (Å²) >= 11 is 0. The number of fused-ring (bicyclic) bond motifs is 9. The first kappa shape index (κ1) is 40.2. The van der Waals surface area contributed by atoms with Gasteiger partial charge in [0.15, 0.2) is 0 Å². The van der Waals surface area contributed by atoms with Crippen LogP contribution >= 0.6 is 0 Å². The molecule has 0 bridgehead atoms. The van der Waals surface area contributed by atoms with Crippen molar-refractivity contribution in [1.82, 2.24) is 4.57 Å². The lowest BCUT2D eigenvalue weighted by atomic mass is 9.68. The SMILES string of the molecule is C1=Cc2c(oc3ccccc23)C(c2ccc(N(c3ccc(-c4ccc(-n5c6ccccc6c6ccccc65)cc4)cc3)c3ccc(C4(c5ccccc5)c5ccccc5-c5ccccc54)cc3)cc2)C1. The molecule has 0 spiro atoms. The van der Waals surface area contributed by atoms with Crippen molar-refractivity contribution in [2.24, 2.45) is 0 Å². The first-order chi connectivity index (χ1) is 34.7. The van der Waals surface area contributed by atoms with Gasteiger partial charge in [0.1, 0.15) is 11.3 Å². The third-order valence-corrected chi connectivity index (χ3v) is 15.1. The van der Waals surface area contributed by atoms with Crippen LogP contribution in [0.4, 0.5) is 17.1 Å². The Hall–Kier alpha value is -8.92. The topological polar surface area (TPSA) is 21.3 Å². The van der Waals surface area contributed by atoms with Gasteiger partial charge >= 0.3 is 0 Å². The molecule has 2 heterocycles. The van der Waals surface area contributed by atoms with Crippen LogP contribution in [0.3, 0.4) is 0 Å². The van der Waals surface area contributed by atoms with Crippen molar-refractivity contribution in [3.63, 3.8) is 0 Å². The van der Waals surface area contributed by atoms with E-state index < -0.39 is 5.41 Å². The molecular formula is C67H46N2O. The average molecular weight is 895 g/mol. The summed E-state index contributed by atoms with van der Waals surface area (Å²) in [6.45, 7) is 0. The fraction of sp³-hybridized carbons (Fsp3) is 0.0448. The molecule has 0 N–H and O–H groups in total. The maximum Gasteiger partial charge on any atom is 0.134 e. The van der Waals surface area contributed by atoms with E-state index in [0.29, 0.717) is 0 Å². The van der Waals surface area contributed by atoms with Gasteiger partial charge in [0.05, 0.1) is 16.4 Å². The van der Waals surface area contributed by atoms with Gasteiger partial charge in [-0.2, -0.15) is 0 Å². The van der Waals surface area contributed by atoms with E-state index in [1.54, 1.807) is 0 Å². The van der Waals surface area contributed by atoms with E-state index in [2.05, 4.69) is 270 Å². The van der Waals surface area contributed by atoms with Crippen LogP contribution < -0.4 is 4.90 Å². The van der Waals surface area contributed by atoms with Gasteiger partial charge in [-0.3, -0.25) is 0 Å². The van der Waals surface area contributed by atoms with Crippen molar-refractivity contribution in [3.05, 3.63) is 294 Å². The Morgan fingerprint density at radius 2 is 0.914 bits per heavy atom. The minimum absolute atomic E-state index is 0.140. The lowest BCUT2D eigenvalue weighted by Gasteiger charge is -2.34. The third-order valence-electron chi connectivity index (χ3n) is 15.1. The van der Waals surface area contributed by atoms with Crippen LogP contribution in [0.5, 0.6) is 0 Å². The molecule has 0 saturated carbocycles. The molecule has 0 radical (unpaired) electrons. The molecule has 2 aliphatic rings. The van der Waals surface area contributed by atoms with Gasteiger partial charge in [-0.25, -0.2) is 0 Å². The Kier molecular flexibility index (Phi) is 9.25. The van der Waals surface area contributed by atoms with Crippen molar-refractivity contribution in [1.29, 1.82) is 0 Å². The second-order valence-electron chi connectivity index (χ2n) is 18.7. The van der Waals surface area contributed by atoms with Crippen molar-refractivity contribution in [2.75, 3.05) is 4.90 Å². The fourth-order valence-electron chi connectivity index (χ4n) is 11.9. The number of anilines is 3. The number of nitrogens with zero attached hydrogens (tertiary/aromatic N) is 2. The van der Waals surface area contributed by atoms with Crippen molar-refractivity contribution >= 4 is 55.9 Å². The molecule has 12 aromatic rings. The predicted molar refractivity (Wildman–Crippen MR) is 290 cm³/mol. The Balaban J connectivity index is 0.856. The number of hydrogen-bond donors (Lipinski definition) is 0. The second-order valence-corrected chi connectivity index (χ2v) is 18.7. The molecular weight excluding hydrogens is 849 g/mol. The van der Waals surface area contributed by atoms with Gasteiger partial charge < -0.3 is 13.9 Å². The molecule has 0 fully saturated rings. The van der Waals surface area contributed by atoms with E-state index in [0.717, 1.165) is 40.5 Å². The number of benzene rings is 10. The molecule has 10 aromatic carbocycles. The van der Waals surface area contributed by atoms with Crippen molar-refractivity contribution < 1.29 is 4.42 Å². The van der Waals surface area contributed by atoms with E-state index in [9.17, 15) is 0 Å². The number of allylic oxidation sites excluding steroid dienone is 1. The molecule has 330 valence electrons. The second kappa shape index (κ2) is 16.1. The molecule has 0 aliphatic heterocycles. The largest absolute Gasteiger partial charge is 0.460 e. The van der Waals surface area contributed by atoms with E-state index in [1.165, 1.54) is 82.8 Å². The summed E-state index contributed by atoms with van der Waals surface area (Å²) in [6, 6.07) is 91.2. The molecule has 70 heavy (non-hydrogen) atoms. The molecule has 1 atom stereocenters. The van der Waals surface area contributed by atoms with Crippen LogP contribution in [0.2, 0.25) is 0 Å². The van der Waals surface area contributed by atoms with Gasteiger partial charge in [0, 0.05) is 50.4 Å². The summed E-state index contributed by atoms with van der Waals surface area (Å²) in [5.74, 6) is 1.19. The van der Waals surface area contributed by atoms with Gasteiger partial charge in [0.2, 0.25) is 0 Å². The van der Waals surface area contributed by atoms with Crippen molar-refractivity contribution in [2.45, 2.75) is 17.8 Å². The molecule has 14 rings (SSSR count). The zero-order valence-corrected chi connectivity index (χ0v) is 38.4. The number of rotatable bonds is 8. The Labute approximate surface area is 407 Å². The molecule has 2 aromatic heterocycles. The lowest BCUT2D eigenvalue weighted by molar-refractivity contribution is 0.517. The standard InChI is InChI=1S/C67H46N2O/c1-2-15-48(16-3-1)67(61-24-9-4-17-55(61)56-18-5-10-25-62(56)67)49-35-43-52(44-36-49)68(51-41-33-47(34-42-51)54-22-14-23-60-59-21-8-13-28-65(59)70-66(54)60)50-37-29-45(30-38-50)46-31-39-53(40-32-46)69-63-26-11-6-19-57(63)58-20-7-12-27-64(58)69/h1-21,23-44,54H,22H2. The zero-order chi connectivity index (χ0) is 46.2. The average Bonchev–Trinajstić information content (AvgIpc) is 4.09. The maximum atomic E-state index is 6.56. The van der Waals surface area contributed by atoms with Gasteiger partial charge in [-0.05, 0) is 123 Å². The van der Waals surface area contributed by atoms with E-state index in [1.807, 2.05) is 0 Å². The maximum absolute atomic E-state index is 6.56. The summed E-state index contributed by atoms with van der Waals surface area (Å²) < 4.78 is 8.93. The molecule has 2 aliphatic carbocycles.